The quantitative estimate of drug-likeness (QED) is 0.794. The minimum Gasteiger partial charge on any atom is -0.376 e. The zero-order valence-electron chi connectivity index (χ0n) is 10.3. The van der Waals surface area contributed by atoms with E-state index in [-0.39, 0.29) is 0 Å². The second-order valence-electron chi connectivity index (χ2n) is 4.70. The topological polar surface area (TPSA) is 27.1 Å². The van der Waals surface area contributed by atoms with Crippen LogP contribution in [0.5, 0.6) is 0 Å². The molecular formula is C14H17ClN2O. The highest BCUT2D eigenvalue weighted by atomic mass is 35.5. The highest BCUT2D eigenvalue weighted by Gasteiger charge is 2.19. The van der Waals surface area contributed by atoms with Crippen LogP contribution in [-0.2, 0) is 17.7 Å². The highest BCUT2D eigenvalue weighted by molar-refractivity contribution is 6.17. The first kappa shape index (κ1) is 12.0. The number of alkyl halides is 1. The second kappa shape index (κ2) is 5.29. The molecule has 1 aliphatic heterocycles. The number of aromatic nitrogens is 2. The lowest BCUT2D eigenvalue weighted by Crippen LogP contribution is -2.17. The van der Waals surface area contributed by atoms with Gasteiger partial charge >= 0.3 is 0 Å². The number of hydrogen-bond acceptors (Lipinski definition) is 2. The van der Waals surface area contributed by atoms with Crippen LogP contribution < -0.4 is 0 Å². The summed E-state index contributed by atoms with van der Waals surface area (Å²) in [4.78, 5) is 4.67. The lowest BCUT2D eigenvalue weighted by atomic mass is 10.2. The number of para-hydroxylation sites is 2. The number of aryl methyl sites for hydroxylation is 1. The molecule has 2 aromatic rings. The van der Waals surface area contributed by atoms with E-state index in [1.165, 1.54) is 11.9 Å². The summed E-state index contributed by atoms with van der Waals surface area (Å²) in [5.41, 5.74) is 2.24. The van der Waals surface area contributed by atoms with Gasteiger partial charge in [0, 0.05) is 18.9 Å². The Morgan fingerprint density at radius 2 is 2.28 bits per heavy atom. The summed E-state index contributed by atoms with van der Waals surface area (Å²) in [6, 6.07) is 8.25. The van der Waals surface area contributed by atoms with Crippen molar-refractivity contribution < 1.29 is 4.74 Å². The summed E-state index contributed by atoms with van der Waals surface area (Å²) in [5.74, 6) is 1.68. The van der Waals surface area contributed by atoms with Crippen LogP contribution in [0.3, 0.4) is 0 Å². The Kier molecular flexibility index (Phi) is 3.52. The van der Waals surface area contributed by atoms with Gasteiger partial charge in [-0.2, -0.15) is 0 Å². The van der Waals surface area contributed by atoms with Gasteiger partial charge in [-0.05, 0) is 25.0 Å². The van der Waals surface area contributed by atoms with E-state index in [1.807, 2.05) is 6.07 Å². The first-order valence-electron chi connectivity index (χ1n) is 6.50. The fourth-order valence-electron chi connectivity index (χ4n) is 2.60. The van der Waals surface area contributed by atoms with Gasteiger partial charge in [-0.1, -0.05) is 12.1 Å². The molecule has 0 N–H and O–H groups in total. The van der Waals surface area contributed by atoms with Crippen molar-refractivity contribution in [2.45, 2.75) is 31.9 Å². The summed E-state index contributed by atoms with van der Waals surface area (Å²) in [6.07, 6.45) is 3.45. The third kappa shape index (κ3) is 2.25. The molecule has 1 atom stereocenters. The Bertz CT molecular complexity index is 532. The SMILES string of the molecule is ClCCc1nc2ccccc2n1CC1CCCO1. The molecule has 3 rings (SSSR count). The third-order valence-corrected chi connectivity index (χ3v) is 3.65. The maximum Gasteiger partial charge on any atom is 0.111 e. The molecule has 1 unspecified atom stereocenters. The Labute approximate surface area is 112 Å². The first-order chi connectivity index (χ1) is 8.88. The zero-order chi connectivity index (χ0) is 12.4. The van der Waals surface area contributed by atoms with Crippen molar-refractivity contribution in [1.82, 2.24) is 9.55 Å². The summed E-state index contributed by atoms with van der Waals surface area (Å²) >= 11 is 5.87. The number of imidazole rings is 1. The van der Waals surface area contributed by atoms with Crippen molar-refractivity contribution in [3.05, 3.63) is 30.1 Å². The largest absolute Gasteiger partial charge is 0.376 e. The fourth-order valence-corrected chi connectivity index (χ4v) is 2.77. The van der Waals surface area contributed by atoms with Crippen molar-refractivity contribution in [3.8, 4) is 0 Å². The molecule has 0 radical (unpaired) electrons. The predicted octanol–water partition coefficient (Wildman–Crippen LogP) is 3.00. The van der Waals surface area contributed by atoms with Crippen LogP contribution in [0, 0.1) is 0 Å². The van der Waals surface area contributed by atoms with E-state index < -0.39 is 0 Å². The number of nitrogens with zero attached hydrogens (tertiary/aromatic N) is 2. The number of ether oxygens (including phenoxy) is 1. The molecule has 1 aromatic heterocycles. The van der Waals surface area contributed by atoms with Crippen molar-refractivity contribution in [2.24, 2.45) is 0 Å². The average molecular weight is 265 g/mol. The molecule has 18 heavy (non-hydrogen) atoms. The molecule has 1 aliphatic rings. The van der Waals surface area contributed by atoms with Gasteiger partial charge in [0.15, 0.2) is 0 Å². The van der Waals surface area contributed by atoms with Crippen LogP contribution in [0.2, 0.25) is 0 Å². The van der Waals surface area contributed by atoms with Crippen molar-refractivity contribution >= 4 is 22.6 Å². The minimum absolute atomic E-state index is 0.330. The second-order valence-corrected chi connectivity index (χ2v) is 5.08. The van der Waals surface area contributed by atoms with E-state index in [9.17, 15) is 0 Å². The molecule has 4 heteroatoms. The molecule has 0 aliphatic carbocycles. The van der Waals surface area contributed by atoms with Gasteiger partial charge in [0.25, 0.3) is 0 Å². The van der Waals surface area contributed by atoms with Gasteiger partial charge in [-0.3, -0.25) is 0 Å². The van der Waals surface area contributed by atoms with Gasteiger partial charge in [0.1, 0.15) is 5.82 Å². The average Bonchev–Trinajstić information content (AvgIpc) is 3.00. The van der Waals surface area contributed by atoms with Crippen LogP contribution in [0.4, 0.5) is 0 Å². The molecule has 2 heterocycles. The van der Waals surface area contributed by atoms with Crippen LogP contribution in [0.15, 0.2) is 24.3 Å². The van der Waals surface area contributed by atoms with Crippen LogP contribution in [0.1, 0.15) is 18.7 Å². The predicted molar refractivity (Wildman–Crippen MR) is 73.1 cm³/mol. The summed E-state index contributed by atoms with van der Waals surface area (Å²) in [7, 11) is 0. The van der Waals surface area contributed by atoms with Gasteiger partial charge in [0.05, 0.1) is 23.7 Å². The van der Waals surface area contributed by atoms with Crippen molar-refractivity contribution in [2.75, 3.05) is 12.5 Å². The van der Waals surface area contributed by atoms with Crippen LogP contribution in [-0.4, -0.2) is 28.1 Å². The minimum atomic E-state index is 0.330. The molecule has 0 amide bonds. The van der Waals surface area contributed by atoms with E-state index in [4.69, 9.17) is 16.3 Å². The smallest absolute Gasteiger partial charge is 0.111 e. The zero-order valence-corrected chi connectivity index (χ0v) is 11.1. The maximum atomic E-state index is 5.87. The Morgan fingerprint density at radius 1 is 1.39 bits per heavy atom. The van der Waals surface area contributed by atoms with E-state index in [0.717, 1.165) is 37.3 Å². The van der Waals surface area contributed by atoms with Gasteiger partial charge in [-0.15, -0.1) is 11.6 Å². The van der Waals surface area contributed by atoms with E-state index in [1.54, 1.807) is 0 Å². The molecular weight excluding hydrogens is 248 g/mol. The first-order valence-corrected chi connectivity index (χ1v) is 7.03. The Balaban J connectivity index is 1.97. The maximum absolute atomic E-state index is 5.87. The van der Waals surface area contributed by atoms with Crippen LogP contribution in [0.25, 0.3) is 11.0 Å². The number of benzene rings is 1. The van der Waals surface area contributed by atoms with Crippen molar-refractivity contribution in [3.63, 3.8) is 0 Å². The van der Waals surface area contributed by atoms with Crippen molar-refractivity contribution in [1.29, 1.82) is 0 Å². The standard InChI is InChI=1S/C14H17ClN2O/c15-8-7-14-16-12-5-1-2-6-13(12)17(14)10-11-4-3-9-18-11/h1-2,5-6,11H,3-4,7-10H2. The number of rotatable bonds is 4. The molecule has 3 nitrogen and oxygen atoms in total. The summed E-state index contributed by atoms with van der Waals surface area (Å²) in [6.45, 7) is 1.79. The molecule has 1 aromatic carbocycles. The van der Waals surface area contributed by atoms with E-state index in [2.05, 4.69) is 27.8 Å². The molecule has 1 saturated heterocycles. The number of hydrogen-bond donors (Lipinski definition) is 0. The monoisotopic (exact) mass is 264 g/mol. The van der Waals surface area contributed by atoms with E-state index in [0.29, 0.717) is 12.0 Å². The van der Waals surface area contributed by atoms with Gasteiger partial charge in [-0.25, -0.2) is 4.98 Å². The highest BCUT2D eigenvalue weighted by Crippen LogP contribution is 2.21. The summed E-state index contributed by atoms with van der Waals surface area (Å²) < 4.78 is 8.00. The third-order valence-electron chi connectivity index (χ3n) is 3.46. The number of fused-ring (bicyclic) bond motifs is 1. The molecule has 0 bridgehead atoms. The van der Waals surface area contributed by atoms with Gasteiger partial charge < -0.3 is 9.30 Å². The lowest BCUT2D eigenvalue weighted by Gasteiger charge is -2.13. The number of halogens is 1. The lowest BCUT2D eigenvalue weighted by molar-refractivity contribution is 0.0972. The molecule has 0 saturated carbocycles. The van der Waals surface area contributed by atoms with Gasteiger partial charge in [0.2, 0.25) is 0 Å². The molecule has 0 spiro atoms. The normalized spacial score (nSPS) is 19.7. The van der Waals surface area contributed by atoms with E-state index >= 15 is 0 Å². The van der Waals surface area contributed by atoms with Crippen LogP contribution >= 0.6 is 11.6 Å². The molecule has 1 fully saturated rings. The molecule has 96 valence electrons. The Hall–Kier alpha value is -1.06. The Morgan fingerprint density at radius 3 is 3.06 bits per heavy atom. The summed E-state index contributed by atoms with van der Waals surface area (Å²) in [5, 5.41) is 0. The fraction of sp³-hybridized carbons (Fsp3) is 0.500.